The number of ether oxygens (including phenoxy) is 1. The topological polar surface area (TPSA) is 29.5 Å². The molecule has 2 nitrogen and oxygen atoms in total. The first-order chi connectivity index (χ1) is 11.8. The fourth-order valence-electron chi connectivity index (χ4n) is 3.65. The van der Waals surface area contributed by atoms with E-state index in [2.05, 4.69) is 48.5 Å². The lowest BCUT2D eigenvalue weighted by Gasteiger charge is -2.36. The van der Waals surface area contributed by atoms with Crippen LogP contribution in [0.3, 0.4) is 0 Å². The summed E-state index contributed by atoms with van der Waals surface area (Å²) in [5.41, 5.74) is 3.29. The van der Waals surface area contributed by atoms with E-state index in [-0.39, 0.29) is 11.8 Å². The number of benzene rings is 3. The first-order valence-electron chi connectivity index (χ1n) is 8.34. The number of aliphatic hydroxyl groups excluding tert-OH is 1. The lowest BCUT2D eigenvalue weighted by molar-refractivity contribution is 0.0420. The molecule has 0 bridgehead atoms. The molecule has 1 N–H and O–H groups in total. The fraction of sp³-hybridized carbons (Fsp3) is 0.182. The third kappa shape index (κ3) is 2.70. The molecule has 0 aromatic heterocycles. The van der Waals surface area contributed by atoms with Crippen LogP contribution in [0.1, 0.15) is 28.7 Å². The van der Waals surface area contributed by atoms with Crippen LogP contribution < -0.4 is 4.74 Å². The van der Waals surface area contributed by atoms with Gasteiger partial charge in [0.2, 0.25) is 0 Å². The van der Waals surface area contributed by atoms with Gasteiger partial charge in [-0.15, -0.1) is 0 Å². The summed E-state index contributed by atoms with van der Waals surface area (Å²) in [6.07, 6.45) is -0.541. The van der Waals surface area contributed by atoms with Crippen LogP contribution in [0.4, 0.5) is 0 Å². The van der Waals surface area contributed by atoms with E-state index in [0.29, 0.717) is 6.61 Å². The third-order valence-corrected chi connectivity index (χ3v) is 4.82. The van der Waals surface area contributed by atoms with Crippen LogP contribution in [0.15, 0.2) is 84.9 Å². The predicted octanol–water partition coefficient (Wildman–Crippen LogP) is 4.56. The summed E-state index contributed by atoms with van der Waals surface area (Å²) >= 11 is 0. The quantitative estimate of drug-likeness (QED) is 0.767. The minimum absolute atomic E-state index is 0.0234. The molecule has 0 amide bonds. The highest BCUT2D eigenvalue weighted by molar-refractivity contribution is 5.40. The molecular formula is C22H20O2. The Morgan fingerprint density at radius 3 is 1.92 bits per heavy atom. The lowest BCUT2D eigenvalue weighted by atomic mass is 9.75. The van der Waals surface area contributed by atoms with Gasteiger partial charge in [0.15, 0.2) is 0 Å². The maximum atomic E-state index is 11.0. The smallest absolute Gasteiger partial charge is 0.125 e. The normalized spacial score (nSPS) is 19.6. The first kappa shape index (κ1) is 15.0. The van der Waals surface area contributed by atoms with Crippen molar-refractivity contribution < 1.29 is 9.84 Å². The molecule has 0 saturated heterocycles. The first-order valence-corrected chi connectivity index (χ1v) is 8.34. The molecule has 2 atom stereocenters. The standard InChI is InChI=1S/C22H20O2/c23-22-18-13-7-8-14-20(18)24-15-19(22)21(16-9-3-1-4-10-16)17-11-5-2-6-12-17/h1-14,19,21-23H,15H2. The van der Waals surface area contributed by atoms with Crippen molar-refractivity contribution >= 4 is 0 Å². The van der Waals surface area contributed by atoms with Crippen molar-refractivity contribution in [3.63, 3.8) is 0 Å². The zero-order valence-electron chi connectivity index (χ0n) is 13.4. The monoisotopic (exact) mass is 316 g/mol. The number of hydrogen-bond acceptors (Lipinski definition) is 2. The summed E-state index contributed by atoms with van der Waals surface area (Å²) in [5, 5.41) is 11.0. The summed E-state index contributed by atoms with van der Waals surface area (Å²) in [6.45, 7) is 0.507. The minimum atomic E-state index is -0.541. The van der Waals surface area contributed by atoms with Crippen molar-refractivity contribution in [2.45, 2.75) is 12.0 Å². The Hall–Kier alpha value is -2.58. The minimum Gasteiger partial charge on any atom is -0.493 e. The van der Waals surface area contributed by atoms with Crippen molar-refractivity contribution in [2.75, 3.05) is 6.61 Å². The molecule has 2 heteroatoms. The summed E-state index contributed by atoms with van der Waals surface area (Å²) in [5.74, 6) is 0.863. The van der Waals surface area contributed by atoms with Gasteiger partial charge in [-0.2, -0.15) is 0 Å². The molecule has 4 rings (SSSR count). The van der Waals surface area contributed by atoms with Crippen LogP contribution in [0.2, 0.25) is 0 Å². The molecule has 0 aliphatic carbocycles. The fourth-order valence-corrected chi connectivity index (χ4v) is 3.65. The van der Waals surface area contributed by atoms with Gasteiger partial charge in [0.05, 0.1) is 12.7 Å². The molecule has 120 valence electrons. The highest BCUT2D eigenvalue weighted by Gasteiger charge is 2.36. The van der Waals surface area contributed by atoms with Crippen LogP contribution in [0.25, 0.3) is 0 Å². The van der Waals surface area contributed by atoms with E-state index in [0.717, 1.165) is 11.3 Å². The molecule has 1 aliphatic rings. The van der Waals surface area contributed by atoms with E-state index >= 15 is 0 Å². The van der Waals surface area contributed by atoms with Crippen LogP contribution in [0, 0.1) is 5.92 Å². The summed E-state index contributed by atoms with van der Waals surface area (Å²) < 4.78 is 5.97. The Morgan fingerprint density at radius 2 is 1.29 bits per heavy atom. The third-order valence-electron chi connectivity index (χ3n) is 4.82. The second kappa shape index (κ2) is 6.50. The van der Waals surface area contributed by atoms with Gasteiger partial charge in [0.1, 0.15) is 5.75 Å². The number of rotatable bonds is 3. The van der Waals surface area contributed by atoms with Gasteiger partial charge in [-0.1, -0.05) is 78.9 Å². The molecule has 1 heterocycles. The average Bonchev–Trinajstić information content (AvgIpc) is 2.66. The maximum Gasteiger partial charge on any atom is 0.125 e. The Labute approximate surface area is 142 Å². The number of para-hydroxylation sites is 1. The summed E-state index contributed by atoms with van der Waals surface area (Å²) in [7, 11) is 0. The van der Waals surface area contributed by atoms with Crippen LogP contribution in [-0.2, 0) is 0 Å². The second-order valence-electron chi connectivity index (χ2n) is 6.26. The Morgan fingerprint density at radius 1 is 0.750 bits per heavy atom. The lowest BCUT2D eigenvalue weighted by Crippen LogP contribution is -2.31. The molecule has 3 aromatic carbocycles. The zero-order valence-corrected chi connectivity index (χ0v) is 13.4. The zero-order chi connectivity index (χ0) is 16.4. The average molecular weight is 316 g/mol. The van der Waals surface area contributed by atoms with Crippen molar-refractivity contribution in [1.29, 1.82) is 0 Å². The summed E-state index contributed by atoms with van der Waals surface area (Å²) in [6, 6.07) is 28.5. The van der Waals surface area contributed by atoms with E-state index in [1.54, 1.807) is 0 Å². The van der Waals surface area contributed by atoms with E-state index in [1.165, 1.54) is 11.1 Å². The Kier molecular flexibility index (Phi) is 4.06. The van der Waals surface area contributed by atoms with Crippen LogP contribution in [-0.4, -0.2) is 11.7 Å². The molecule has 3 aromatic rings. The van der Waals surface area contributed by atoms with E-state index in [4.69, 9.17) is 4.74 Å². The van der Waals surface area contributed by atoms with Gasteiger partial charge in [-0.3, -0.25) is 0 Å². The molecule has 0 radical (unpaired) electrons. The van der Waals surface area contributed by atoms with Crippen molar-refractivity contribution in [3.8, 4) is 5.75 Å². The molecule has 24 heavy (non-hydrogen) atoms. The SMILES string of the molecule is OC1c2ccccc2OCC1C(c1ccccc1)c1ccccc1. The van der Waals surface area contributed by atoms with Gasteiger partial charge in [0, 0.05) is 17.4 Å². The highest BCUT2D eigenvalue weighted by atomic mass is 16.5. The van der Waals surface area contributed by atoms with Crippen LogP contribution >= 0.6 is 0 Å². The van der Waals surface area contributed by atoms with Crippen molar-refractivity contribution in [1.82, 2.24) is 0 Å². The highest BCUT2D eigenvalue weighted by Crippen LogP contribution is 2.44. The molecule has 0 saturated carbocycles. The van der Waals surface area contributed by atoms with Gasteiger partial charge in [0.25, 0.3) is 0 Å². The molecule has 1 aliphatic heterocycles. The largest absolute Gasteiger partial charge is 0.493 e. The molecule has 2 unspecified atom stereocenters. The van der Waals surface area contributed by atoms with Crippen molar-refractivity contribution in [3.05, 3.63) is 102 Å². The second-order valence-corrected chi connectivity index (χ2v) is 6.26. The summed E-state index contributed by atoms with van der Waals surface area (Å²) in [4.78, 5) is 0. The Bertz CT molecular complexity index is 759. The number of fused-ring (bicyclic) bond motifs is 1. The molecule has 0 spiro atoms. The number of hydrogen-bond donors (Lipinski definition) is 1. The number of aliphatic hydroxyl groups is 1. The molecular weight excluding hydrogens is 296 g/mol. The van der Waals surface area contributed by atoms with Crippen molar-refractivity contribution in [2.24, 2.45) is 5.92 Å². The van der Waals surface area contributed by atoms with Gasteiger partial charge in [-0.25, -0.2) is 0 Å². The van der Waals surface area contributed by atoms with Gasteiger partial charge >= 0.3 is 0 Å². The Balaban J connectivity index is 1.78. The van der Waals surface area contributed by atoms with E-state index in [9.17, 15) is 5.11 Å². The van der Waals surface area contributed by atoms with Crippen LogP contribution in [0.5, 0.6) is 5.75 Å². The van der Waals surface area contributed by atoms with E-state index in [1.807, 2.05) is 36.4 Å². The maximum absolute atomic E-state index is 11.0. The van der Waals surface area contributed by atoms with E-state index < -0.39 is 6.10 Å². The van der Waals surface area contributed by atoms with Gasteiger partial charge < -0.3 is 9.84 Å². The van der Waals surface area contributed by atoms with Gasteiger partial charge in [-0.05, 0) is 17.2 Å². The predicted molar refractivity (Wildman–Crippen MR) is 95.1 cm³/mol. The molecule has 0 fully saturated rings.